The number of esters is 2. The lowest BCUT2D eigenvalue weighted by Crippen LogP contribution is -2.25. The quantitative estimate of drug-likeness (QED) is 0.220. The number of rotatable bonds is 8. The largest absolute Gasteiger partial charge is 0.465 e. The smallest absolute Gasteiger partial charge is 0.343 e. The van der Waals surface area contributed by atoms with Gasteiger partial charge in [-0.15, -0.1) is 0 Å². The van der Waals surface area contributed by atoms with E-state index in [-0.39, 0.29) is 17.6 Å². The molecule has 2 aromatic carbocycles. The van der Waals surface area contributed by atoms with Crippen LogP contribution in [0.15, 0.2) is 59.8 Å². The number of Topliss-reactive ketones (excluding diaryl/α,β-unsaturated/α-hetero) is 1. The maximum atomic E-state index is 12.9. The molecule has 6 heteroatoms. The standard InChI is InChI=1S/C26H29NO5/c1-16(2)32-25(30)26(14-15-26)21-12-10-19(11-13-21)18-6-8-20(9-7-18)23(28)22(17(3)27-4)24(29)31-5/h6-13,16,27H,14-15H2,1-5H3/b22-17+. The van der Waals surface area contributed by atoms with Gasteiger partial charge in [0.05, 0.1) is 18.6 Å². The van der Waals surface area contributed by atoms with Gasteiger partial charge in [0.2, 0.25) is 5.78 Å². The number of methoxy groups -OCH3 is 1. The Morgan fingerprint density at radius 3 is 1.91 bits per heavy atom. The van der Waals surface area contributed by atoms with Crippen molar-refractivity contribution in [3.63, 3.8) is 0 Å². The van der Waals surface area contributed by atoms with Crippen LogP contribution in [0.1, 0.15) is 49.5 Å². The summed E-state index contributed by atoms with van der Waals surface area (Å²) in [6, 6.07) is 14.9. The fraction of sp³-hybridized carbons (Fsp3) is 0.346. The Labute approximate surface area is 188 Å². The zero-order chi connectivity index (χ0) is 23.5. The number of benzene rings is 2. The Kier molecular flexibility index (Phi) is 6.82. The summed E-state index contributed by atoms with van der Waals surface area (Å²) in [7, 11) is 2.90. The van der Waals surface area contributed by atoms with Crippen molar-refractivity contribution in [3.8, 4) is 11.1 Å². The molecule has 0 radical (unpaired) electrons. The molecule has 1 fully saturated rings. The third-order valence-corrected chi connectivity index (χ3v) is 5.77. The zero-order valence-electron chi connectivity index (χ0n) is 19.2. The first-order valence-electron chi connectivity index (χ1n) is 10.7. The van der Waals surface area contributed by atoms with E-state index in [1.807, 2.05) is 50.2 Å². The number of carbonyl (C=O) groups is 3. The second-order valence-electron chi connectivity index (χ2n) is 8.26. The predicted octanol–water partition coefficient (Wildman–Crippen LogP) is 4.19. The highest BCUT2D eigenvalue weighted by Gasteiger charge is 2.53. The van der Waals surface area contributed by atoms with Crippen LogP contribution in [0.5, 0.6) is 0 Å². The van der Waals surface area contributed by atoms with E-state index in [0.29, 0.717) is 11.3 Å². The number of carbonyl (C=O) groups excluding carboxylic acids is 3. The summed E-state index contributed by atoms with van der Waals surface area (Å²) in [5.41, 5.74) is 3.18. The Bertz CT molecular complexity index is 1040. The van der Waals surface area contributed by atoms with Gasteiger partial charge < -0.3 is 14.8 Å². The fourth-order valence-corrected chi connectivity index (χ4v) is 3.65. The molecule has 0 saturated heterocycles. The van der Waals surface area contributed by atoms with E-state index in [1.165, 1.54) is 7.11 Å². The minimum atomic E-state index is -0.675. The summed E-state index contributed by atoms with van der Waals surface area (Å²) < 4.78 is 10.2. The third kappa shape index (κ3) is 4.59. The van der Waals surface area contributed by atoms with E-state index in [1.54, 1.807) is 26.1 Å². The van der Waals surface area contributed by atoms with Crippen molar-refractivity contribution >= 4 is 17.7 Å². The van der Waals surface area contributed by atoms with Gasteiger partial charge in [-0.2, -0.15) is 0 Å². The number of ether oxygens (including phenoxy) is 2. The molecule has 0 atom stereocenters. The molecule has 0 bridgehead atoms. The number of allylic oxidation sites excluding steroid dienone is 1. The normalized spacial score (nSPS) is 14.9. The number of ketones is 1. The maximum Gasteiger partial charge on any atom is 0.343 e. The Morgan fingerprint density at radius 1 is 0.938 bits per heavy atom. The minimum Gasteiger partial charge on any atom is -0.465 e. The van der Waals surface area contributed by atoms with E-state index in [4.69, 9.17) is 9.47 Å². The Hall–Kier alpha value is -3.41. The SMILES string of the molecule is CN/C(C)=C(/C(=O)OC)C(=O)c1ccc(-c2ccc(C3(C(=O)OC(C)C)CC3)cc2)cc1. The van der Waals surface area contributed by atoms with Gasteiger partial charge in [0.1, 0.15) is 5.57 Å². The molecule has 1 aliphatic rings. The molecule has 1 saturated carbocycles. The zero-order valence-corrected chi connectivity index (χ0v) is 19.2. The number of nitrogens with one attached hydrogen (secondary N) is 1. The minimum absolute atomic E-state index is 0.0184. The molecule has 6 nitrogen and oxygen atoms in total. The Morgan fingerprint density at radius 2 is 1.47 bits per heavy atom. The molecule has 0 aromatic heterocycles. The topological polar surface area (TPSA) is 81.7 Å². The average Bonchev–Trinajstić information content (AvgIpc) is 3.61. The molecule has 0 spiro atoms. The molecule has 1 N–H and O–H groups in total. The van der Waals surface area contributed by atoms with Crippen molar-refractivity contribution in [1.29, 1.82) is 0 Å². The summed E-state index contributed by atoms with van der Waals surface area (Å²) in [5.74, 6) is -1.23. The summed E-state index contributed by atoms with van der Waals surface area (Å²) in [6.07, 6.45) is 1.47. The van der Waals surface area contributed by atoms with Gasteiger partial charge in [-0.05, 0) is 50.3 Å². The molecular formula is C26H29NO5. The summed E-state index contributed by atoms with van der Waals surface area (Å²) in [4.78, 5) is 37.4. The van der Waals surface area contributed by atoms with Crippen LogP contribution in [-0.2, 0) is 24.5 Å². The van der Waals surface area contributed by atoms with E-state index in [9.17, 15) is 14.4 Å². The van der Waals surface area contributed by atoms with Gasteiger partial charge >= 0.3 is 11.9 Å². The van der Waals surface area contributed by atoms with E-state index < -0.39 is 17.2 Å². The molecule has 1 aliphatic carbocycles. The molecule has 0 aliphatic heterocycles. The molecule has 2 aromatic rings. The van der Waals surface area contributed by atoms with Crippen molar-refractivity contribution in [2.75, 3.05) is 14.2 Å². The molecule has 0 unspecified atom stereocenters. The molecular weight excluding hydrogens is 406 g/mol. The molecule has 0 amide bonds. The van der Waals surface area contributed by atoms with Crippen LogP contribution in [-0.4, -0.2) is 38.0 Å². The summed E-state index contributed by atoms with van der Waals surface area (Å²) >= 11 is 0. The predicted molar refractivity (Wildman–Crippen MR) is 122 cm³/mol. The molecule has 0 heterocycles. The van der Waals surface area contributed by atoms with Crippen LogP contribution < -0.4 is 5.32 Å². The van der Waals surface area contributed by atoms with Gasteiger partial charge in [0.25, 0.3) is 0 Å². The monoisotopic (exact) mass is 435 g/mol. The average molecular weight is 436 g/mol. The van der Waals surface area contributed by atoms with Crippen molar-refractivity contribution in [1.82, 2.24) is 5.32 Å². The first kappa shape index (κ1) is 23.3. The van der Waals surface area contributed by atoms with Crippen LogP contribution in [0, 0.1) is 0 Å². The van der Waals surface area contributed by atoms with Gasteiger partial charge in [0.15, 0.2) is 0 Å². The third-order valence-electron chi connectivity index (χ3n) is 5.77. The van der Waals surface area contributed by atoms with Crippen LogP contribution in [0.25, 0.3) is 11.1 Å². The van der Waals surface area contributed by atoms with Crippen molar-refractivity contribution in [2.24, 2.45) is 0 Å². The van der Waals surface area contributed by atoms with Gasteiger partial charge in [-0.3, -0.25) is 9.59 Å². The second kappa shape index (κ2) is 9.39. The van der Waals surface area contributed by atoms with E-state index >= 15 is 0 Å². The van der Waals surface area contributed by atoms with Crippen molar-refractivity contribution in [2.45, 2.75) is 45.1 Å². The summed E-state index contributed by atoms with van der Waals surface area (Å²) in [6.45, 7) is 5.37. The lowest BCUT2D eigenvalue weighted by atomic mass is 9.93. The highest BCUT2D eigenvalue weighted by Crippen LogP contribution is 2.49. The Balaban J connectivity index is 1.80. The fourth-order valence-electron chi connectivity index (χ4n) is 3.65. The van der Waals surface area contributed by atoms with E-state index in [2.05, 4.69) is 5.32 Å². The molecule has 32 heavy (non-hydrogen) atoms. The lowest BCUT2D eigenvalue weighted by Gasteiger charge is -2.17. The van der Waals surface area contributed by atoms with Gasteiger partial charge in [0, 0.05) is 18.3 Å². The number of hydrogen-bond acceptors (Lipinski definition) is 6. The molecule has 3 rings (SSSR count). The van der Waals surface area contributed by atoms with Crippen LogP contribution in [0.2, 0.25) is 0 Å². The first-order valence-corrected chi connectivity index (χ1v) is 10.7. The van der Waals surface area contributed by atoms with Crippen LogP contribution in [0.4, 0.5) is 0 Å². The van der Waals surface area contributed by atoms with Crippen LogP contribution in [0.3, 0.4) is 0 Å². The lowest BCUT2D eigenvalue weighted by molar-refractivity contribution is -0.150. The molecule has 168 valence electrons. The van der Waals surface area contributed by atoms with E-state index in [0.717, 1.165) is 29.5 Å². The first-order chi connectivity index (χ1) is 15.2. The summed E-state index contributed by atoms with van der Waals surface area (Å²) in [5, 5.41) is 2.83. The van der Waals surface area contributed by atoms with Crippen LogP contribution >= 0.6 is 0 Å². The highest BCUT2D eigenvalue weighted by molar-refractivity contribution is 6.24. The van der Waals surface area contributed by atoms with Crippen molar-refractivity contribution < 1.29 is 23.9 Å². The highest BCUT2D eigenvalue weighted by atomic mass is 16.5. The van der Waals surface area contributed by atoms with Gasteiger partial charge in [-0.25, -0.2) is 4.79 Å². The van der Waals surface area contributed by atoms with Crippen molar-refractivity contribution in [3.05, 3.63) is 70.9 Å². The van der Waals surface area contributed by atoms with Gasteiger partial charge in [-0.1, -0.05) is 48.5 Å². The number of hydrogen-bond donors (Lipinski definition) is 1. The maximum absolute atomic E-state index is 12.9. The second-order valence-corrected chi connectivity index (χ2v) is 8.26.